The zero-order chi connectivity index (χ0) is 11.1. The lowest BCUT2D eigenvalue weighted by molar-refractivity contribution is 0.353. The van der Waals surface area contributed by atoms with Crippen LogP contribution in [0.4, 0.5) is 0 Å². The van der Waals surface area contributed by atoms with Gasteiger partial charge in [0.05, 0.1) is 11.2 Å². The number of hydrogen-bond donors (Lipinski definition) is 0. The van der Waals surface area contributed by atoms with Crippen molar-refractivity contribution in [1.82, 2.24) is 9.78 Å². The Morgan fingerprint density at radius 3 is 2.14 bits per heavy atom. The summed E-state index contributed by atoms with van der Waals surface area (Å²) in [6.07, 6.45) is 1.46. The maximum Gasteiger partial charge on any atom is 0.264 e. The van der Waals surface area contributed by atoms with Crippen molar-refractivity contribution in [3.05, 3.63) is 11.9 Å². The Labute approximate surface area is 88.3 Å². The van der Waals surface area contributed by atoms with Crippen LogP contribution in [0.2, 0.25) is 0 Å². The highest BCUT2D eigenvalue weighted by Crippen LogP contribution is 2.22. The summed E-state index contributed by atoms with van der Waals surface area (Å²) in [5, 5.41) is 4.10. The van der Waals surface area contributed by atoms with Gasteiger partial charge in [0, 0.05) is 16.9 Å². The molecular formula is C8H13ClN2O2S. The molecule has 0 saturated heterocycles. The van der Waals surface area contributed by atoms with Crippen LogP contribution in [-0.2, 0) is 14.6 Å². The fraction of sp³-hybridized carbons (Fsp3) is 0.625. The molecule has 1 aromatic rings. The Morgan fingerprint density at radius 1 is 1.43 bits per heavy atom. The maximum atomic E-state index is 11.1. The second-order valence-corrected chi connectivity index (χ2v) is 6.67. The van der Waals surface area contributed by atoms with Crippen molar-refractivity contribution in [2.75, 3.05) is 0 Å². The van der Waals surface area contributed by atoms with Gasteiger partial charge in [-0.2, -0.15) is 5.10 Å². The molecule has 0 fully saturated rings. The van der Waals surface area contributed by atoms with E-state index in [4.69, 9.17) is 10.7 Å². The molecule has 0 unspecified atom stereocenters. The summed E-state index contributed by atoms with van der Waals surface area (Å²) in [7, 11) is 1.56. The van der Waals surface area contributed by atoms with E-state index in [0.717, 1.165) is 0 Å². The van der Waals surface area contributed by atoms with E-state index in [1.54, 1.807) is 11.6 Å². The first-order valence-electron chi connectivity index (χ1n) is 4.14. The van der Waals surface area contributed by atoms with E-state index >= 15 is 0 Å². The first kappa shape index (κ1) is 11.5. The van der Waals surface area contributed by atoms with E-state index in [1.165, 1.54) is 6.20 Å². The molecule has 0 amide bonds. The Morgan fingerprint density at radius 2 is 1.93 bits per heavy atom. The summed E-state index contributed by atoms with van der Waals surface area (Å²) in [4.78, 5) is 0.0779. The first-order chi connectivity index (χ1) is 6.12. The second-order valence-electron chi connectivity index (χ2n) is 4.13. The van der Waals surface area contributed by atoms with Crippen LogP contribution < -0.4 is 0 Å². The summed E-state index contributed by atoms with van der Waals surface area (Å²) in [5.41, 5.74) is 0.180. The van der Waals surface area contributed by atoms with Gasteiger partial charge in [-0.15, -0.1) is 0 Å². The Hall–Kier alpha value is -0.550. The van der Waals surface area contributed by atoms with Gasteiger partial charge in [0.15, 0.2) is 0 Å². The maximum absolute atomic E-state index is 11.1. The van der Waals surface area contributed by atoms with E-state index in [2.05, 4.69) is 5.10 Å². The summed E-state index contributed by atoms with van der Waals surface area (Å²) in [5.74, 6) is 0. The molecule has 0 spiro atoms. The van der Waals surface area contributed by atoms with Crippen LogP contribution >= 0.6 is 10.7 Å². The van der Waals surface area contributed by atoms with Crippen molar-refractivity contribution < 1.29 is 8.42 Å². The van der Waals surface area contributed by atoms with Crippen molar-refractivity contribution in [2.24, 2.45) is 0 Å². The summed E-state index contributed by atoms with van der Waals surface area (Å²) < 4.78 is 23.8. The van der Waals surface area contributed by atoms with Gasteiger partial charge in [-0.25, -0.2) is 8.42 Å². The molecule has 14 heavy (non-hydrogen) atoms. The number of aryl methyl sites for hydroxylation is 1. The standard InChI is InChI=1S/C8H13ClN2O2S/c1-6-7(14(9,12)13)5-11(10-6)8(2,3)4/h5H,1-4H3. The minimum absolute atomic E-state index is 0.0779. The molecule has 4 nitrogen and oxygen atoms in total. The van der Waals surface area contributed by atoms with Crippen LogP contribution in [-0.4, -0.2) is 18.2 Å². The van der Waals surface area contributed by atoms with Crippen LogP contribution in [0.1, 0.15) is 26.5 Å². The number of nitrogens with zero attached hydrogens (tertiary/aromatic N) is 2. The van der Waals surface area contributed by atoms with Crippen molar-refractivity contribution in [2.45, 2.75) is 38.1 Å². The van der Waals surface area contributed by atoms with Gasteiger partial charge in [-0.1, -0.05) is 0 Å². The van der Waals surface area contributed by atoms with E-state index < -0.39 is 9.05 Å². The smallest absolute Gasteiger partial charge is 0.264 e. The topological polar surface area (TPSA) is 52.0 Å². The molecule has 0 aliphatic carbocycles. The minimum atomic E-state index is -3.68. The van der Waals surface area contributed by atoms with Gasteiger partial charge in [-0.3, -0.25) is 4.68 Å². The fourth-order valence-electron chi connectivity index (χ4n) is 1.03. The zero-order valence-corrected chi connectivity index (χ0v) is 10.1. The van der Waals surface area contributed by atoms with Crippen LogP contribution in [0.3, 0.4) is 0 Å². The van der Waals surface area contributed by atoms with Gasteiger partial charge in [0.2, 0.25) is 0 Å². The van der Waals surface area contributed by atoms with Gasteiger partial charge in [-0.05, 0) is 27.7 Å². The Bertz CT molecular complexity index is 442. The molecule has 0 aliphatic heterocycles. The minimum Gasteiger partial charge on any atom is -0.266 e. The summed E-state index contributed by atoms with van der Waals surface area (Å²) in [6.45, 7) is 7.43. The summed E-state index contributed by atoms with van der Waals surface area (Å²) in [6, 6.07) is 0. The average Bonchev–Trinajstić information content (AvgIpc) is 2.27. The average molecular weight is 237 g/mol. The molecule has 0 bridgehead atoms. The molecule has 0 saturated carbocycles. The third-order valence-corrected chi connectivity index (χ3v) is 3.23. The lowest BCUT2D eigenvalue weighted by atomic mass is 10.1. The Kier molecular flexibility index (Phi) is 2.67. The van der Waals surface area contributed by atoms with E-state index in [1.807, 2.05) is 20.8 Å². The molecule has 0 atom stereocenters. The molecule has 0 radical (unpaired) electrons. The van der Waals surface area contributed by atoms with Gasteiger partial charge >= 0.3 is 0 Å². The Balaban J connectivity index is 3.33. The quantitative estimate of drug-likeness (QED) is 0.700. The van der Waals surface area contributed by atoms with Crippen molar-refractivity contribution in [1.29, 1.82) is 0 Å². The van der Waals surface area contributed by atoms with E-state index in [9.17, 15) is 8.42 Å². The first-order valence-corrected chi connectivity index (χ1v) is 6.45. The molecule has 80 valence electrons. The van der Waals surface area contributed by atoms with Gasteiger partial charge in [0.1, 0.15) is 4.90 Å². The monoisotopic (exact) mass is 236 g/mol. The number of rotatable bonds is 1. The lowest BCUT2D eigenvalue weighted by Crippen LogP contribution is -2.22. The highest BCUT2D eigenvalue weighted by Gasteiger charge is 2.22. The molecule has 1 aromatic heterocycles. The predicted molar refractivity (Wildman–Crippen MR) is 55.0 cm³/mol. The van der Waals surface area contributed by atoms with Crippen LogP contribution in [0.25, 0.3) is 0 Å². The van der Waals surface area contributed by atoms with E-state index in [-0.39, 0.29) is 10.4 Å². The molecule has 0 N–H and O–H groups in total. The SMILES string of the molecule is Cc1nn(C(C)(C)C)cc1S(=O)(=O)Cl. The van der Waals surface area contributed by atoms with Crippen molar-refractivity contribution in [3.8, 4) is 0 Å². The van der Waals surface area contributed by atoms with Crippen LogP contribution in [0.5, 0.6) is 0 Å². The van der Waals surface area contributed by atoms with Gasteiger partial charge < -0.3 is 0 Å². The zero-order valence-electron chi connectivity index (χ0n) is 8.57. The molecule has 6 heteroatoms. The molecule has 0 aliphatic rings. The second kappa shape index (κ2) is 3.24. The van der Waals surface area contributed by atoms with Crippen molar-refractivity contribution in [3.63, 3.8) is 0 Å². The van der Waals surface area contributed by atoms with Gasteiger partial charge in [0.25, 0.3) is 9.05 Å². The third kappa shape index (κ3) is 2.27. The largest absolute Gasteiger partial charge is 0.266 e. The molecule has 1 rings (SSSR count). The third-order valence-electron chi connectivity index (χ3n) is 1.80. The van der Waals surface area contributed by atoms with Crippen LogP contribution in [0.15, 0.2) is 11.1 Å². The highest BCUT2D eigenvalue weighted by molar-refractivity contribution is 8.13. The predicted octanol–water partition coefficient (Wildman–Crippen LogP) is 1.87. The molecular weight excluding hydrogens is 224 g/mol. The number of aromatic nitrogens is 2. The van der Waals surface area contributed by atoms with Crippen LogP contribution in [0, 0.1) is 6.92 Å². The van der Waals surface area contributed by atoms with Crippen molar-refractivity contribution >= 4 is 19.7 Å². The fourth-order valence-corrected chi connectivity index (χ4v) is 2.10. The number of hydrogen-bond acceptors (Lipinski definition) is 3. The number of halogens is 1. The molecule has 1 heterocycles. The highest BCUT2D eigenvalue weighted by atomic mass is 35.7. The lowest BCUT2D eigenvalue weighted by Gasteiger charge is -2.18. The van der Waals surface area contributed by atoms with E-state index in [0.29, 0.717) is 5.69 Å². The molecule has 0 aromatic carbocycles. The normalized spacial score (nSPS) is 13.2. The summed E-state index contributed by atoms with van der Waals surface area (Å²) >= 11 is 0.